The van der Waals surface area contributed by atoms with Crippen molar-refractivity contribution in [1.29, 1.82) is 0 Å². The van der Waals surface area contributed by atoms with Gasteiger partial charge in [0, 0.05) is 36.0 Å². The van der Waals surface area contributed by atoms with Crippen LogP contribution >= 0.6 is 23.6 Å². The summed E-state index contributed by atoms with van der Waals surface area (Å²) in [6.07, 6.45) is 4.36. The van der Waals surface area contributed by atoms with Crippen LogP contribution in [0.3, 0.4) is 0 Å². The quantitative estimate of drug-likeness (QED) is 0.847. The lowest BCUT2D eigenvalue weighted by atomic mass is 10.2. The van der Waals surface area contributed by atoms with Crippen molar-refractivity contribution in [2.24, 2.45) is 0 Å². The Bertz CT molecular complexity index is 577. The molecular formula is C15H17N3OS2. The normalized spacial score (nSPS) is 17.6. The molecule has 0 amide bonds. The molecule has 2 aromatic rings. The topological polar surface area (TPSA) is 46.2 Å². The molecule has 1 atom stereocenters. The minimum atomic E-state index is 0.289. The predicted molar refractivity (Wildman–Crippen MR) is 90.7 cm³/mol. The second-order valence-corrected chi connectivity index (χ2v) is 6.19. The van der Waals surface area contributed by atoms with E-state index >= 15 is 0 Å². The number of ether oxygens (including phenoxy) is 1. The van der Waals surface area contributed by atoms with Gasteiger partial charge >= 0.3 is 0 Å². The van der Waals surface area contributed by atoms with Crippen LogP contribution in [0.15, 0.2) is 35.8 Å². The maximum Gasteiger partial charge on any atom is 0.170 e. The Morgan fingerprint density at radius 3 is 2.90 bits per heavy atom. The van der Waals surface area contributed by atoms with Crippen LogP contribution in [0.25, 0.3) is 10.6 Å². The summed E-state index contributed by atoms with van der Waals surface area (Å²) in [5.74, 6) is 0. The van der Waals surface area contributed by atoms with E-state index in [1.54, 1.807) is 11.3 Å². The number of hydrogen-bond acceptors (Lipinski definition) is 4. The number of rotatable bonds is 4. The van der Waals surface area contributed by atoms with Gasteiger partial charge in [-0.3, -0.25) is 0 Å². The molecule has 2 heterocycles. The highest BCUT2D eigenvalue weighted by Crippen LogP contribution is 2.23. The van der Waals surface area contributed by atoms with Crippen molar-refractivity contribution in [2.75, 3.05) is 18.5 Å². The van der Waals surface area contributed by atoms with Crippen LogP contribution in [0.4, 0.5) is 5.69 Å². The Labute approximate surface area is 133 Å². The molecule has 1 fully saturated rings. The van der Waals surface area contributed by atoms with Crippen LogP contribution in [0, 0.1) is 0 Å². The van der Waals surface area contributed by atoms with Gasteiger partial charge in [-0.25, -0.2) is 4.98 Å². The first-order valence-electron chi connectivity index (χ1n) is 6.97. The van der Waals surface area contributed by atoms with Crippen molar-refractivity contribution in [3.05, 3.63) is 35.8 Å². The number of benzene rings is 1. The van der Waals surface area contributed by atoms with E-state index in [0.717, 1.165) is 42.3 Å². The fourth-order valence-corrected chi connectivity index (χ4v) is 3.09. The first-order chi connectivity index (χ1) is 10.3. The van der Waals surface area contributed by atoms with Crippen LogP contribution in [0.1, 0.15) is 12.8 Å². The molecule has 1 aromatic heterocycles. The average Bonchev–Trinajstić information content (AvgIpc) is 3.19. The Kier molecular flexibility index (Phi) is 4.80. The lowest BCUT2D eigenvalue weighted by molar-refractivity contribution is 0.114. The van der Waals surface area contributed by atoms with Crippen molar-refractivity contribution in [3.8, 4) is 10.6 Å². The number of thiazole rings is 1. The summed E-state index contributed by atoms with van der Waals surface area (Å²) in [4.78, 5) is 4.30. The maximum absolute atomic E-state index is 5.55. The van der Waals surface area contributed by atoms with Crippen molar-refractivity contribution < 1.29 is 4.74 Å². The van der Waals surface area contributed by atoms with E-state index < -0.39 is 0 Å². The molecule has 0 bridgehead atoms. The molecule has 1 aliphatic heterocycles. The van der Waals surface area contributed by atoms with Gasteiger partial charge in [0.1, 0.15) is 5.01 Å². The van der Waals surface area contributed by atoms with Gasteiger partial charge in [0.15, 0.2) is 5.11 Å². The third-order valence-electron chi connectivity index (χ3n) is 3.34. The minimum absolute atomic E-state index is 0.289. The van der Waals surface area contributed by atoms with Gasteiger partial charge in [-0.05, 0) is 49.3 Å². The van der Waals surface area contributed by atoms with E-state index in [0.29, 0.717) is 5.11 Å². The SMILES string of the molecule is S=C(NC[C@@H]1CCCO1)Nc1ccc(-c2nccs2)cc1. The fraction of sp³-hybridized carbons (Fsp3) is 0.333. The van der Waals surface area contributed by atoms with Gasteiger partial charge in [0.25, 0.3) is 0 Å². The predicted octanol–water partition coefficient (Wildman–Crippen LogP) is 3.28. The molecule has 1 saturated heterocycles. The van der Waals surface area contributed by atoms with E-state index in [2.05, 4.69) is 15.6 Å². The highest BCUT2D eigenvalue weighted by atomic mass is 32.1. The zero-order chi connectivity index (χ0) is 14.5. The molecule has 1 aliphatic rings. The summed E-state index contributed by atoms with van der Waals surface area (Å²) in [7, 11) is 0. The van der Waals surface area contributed by atoms with Gasteiger partial charge < -0.3 is 15.4 Å². The van der Waals surface area contributed by atoms with E-state index in [-0.39, 0.29) is 6.10 Å². The van der Waals surface area contributed by atoms with Gasteiger partial charge in [0.2, 0.25) is 0 Å². The summed E-state index contributed by atoms with van der Waals surface area (Å²) in [6, 6.07) is 8.11. The minimum Gasteiger partial charge on any atom is -0.376 e. The Morgan fingerprint density at radius 2 is 2.24 bits per heavy atom. The molecule has 110 valence electrons. The largest absolute Gasteiger partial charge is 0.376 e. The summed E-state index contributed by atoms with van der Waals surface area (Å²) in [5, 5.41) is 10.0. The summed E-state index contributed by atoms with van der Waals surface area (Å²) in [5.41, 5.74) is 2.09. The second kappa shape index (κ2) is 6.98. The lowest BCUT2D eigenvalue weighted by Crippen LogP contribution is -2.34. The molecule has 0 unspecified atom stereocenters. The van der Waals surface area contributed by atoms with E-state index in [9.17, 15) is 0 Å². The number of hydrogen-bond donors (Lipinski definition) is 2. The molecule has 0 radical (unpaired) electrons. The number of nitrogens with one attached hydrogen (secondary N) is 2. The Balaban J connectivity index is 1.51. The molecule has 0 spiro atoms. The third-order valence-corrected chi connectivity index (χ3v) is 4.40. The zero-order valence-corrected chi connectivity index (χ0v) is 13.2. The lowest BCUT2D eigenvalue weighted by Gasteiger charge is -2.14. The number of nitrogens with zero attached hydrogens (tertiary/aromatic N) is 1. The van der Waals surface area contributed by atoms with Crippen LogP contribution in [0.5, 0.6) is 0 Å². The Hall–Kier alpha value is -1.50. The van der Waals surface area contributed by atoms with E-state index in [1.807, 2.05) is 35.8 Å². The highest BCUT2D eigenvalue weighted by molar-refractivity contribution is 7.80. The molecule has 0 aliphatic carbocycles. The molecular weight excluding hydrogens is 302 g/mol. The first-order valence-corrected chi connectivity index (χ1v) is 8.26. The second-order valence-electron chi connectivity index (χ2n) is 4.88. The highest BCUT2D eigenvalue weighted by Gasteiger charge is 2.15. The van der Waals surface area contributed by atoms with Crippen molar-refractivity contribution in [1.82, 2.24) is 10.3 Å². The average molecular weight is 319 g/mol. The number of anilines is 1. The van der Waals surface area contributed by atoms with E-state index in [1.165, 1.54) is 0 Å². The first kappa shape index (κ1) is 14.4. The molecule has 1 aromatic carbocycles. The van der Waals surface area contributed by atoms with Crippen LogP contribution in [-0.4, -0.2) is 29.4 Å². The number of thiocarbonyl (C=S) groups is 1. The summed E-state index contributed by atoms with van der Waals surface area (Å²) < 4.78 is 5.55. The van der Waals surface area contributed by atoms with Crippen molar-refractivity contribution in [2.45, 2.75) is 18.9 Å². The molecule has 6 heteroatoms. The van der Waals surface area contributed by atoms with Gasteiger partial charge in [-0.2, -0.15) is 0 Å². The smallest absolute Gasteiger partial charge is 0.170 e. The van der Waals surface area contributed by atoms with Crippen LogP contribution < -0.4 is 10.6 Å². The van der Waals surface area contributed by atoms with Crippen molar-refractivity contribution in [3.63, 3.8) is 0 Å². The molecule has 4 nitrogen and oxygen atoms in total. The zero-order valence-electron chi connectivity index (χ0n) is 11.5. The standard InChI is InChI=1S/C15H17N3OS2/c20-15(17-10-13-2-1-8-19-13)18-12-5-3-11(4-6-12)14-16-7-9-21-14/h3-7,9,13H,1-2,8,10H2,(H2,17,18,20)/t13-/m0/s1. The van der Waals surface area contributed by atoms with Crippen molar-refractivity contribution >= 4 is 34.4 Å². The third kappa shape index (κ3) is 4.00. The summed E-state index contributed by atoms with van der Waals surface area (Å²) >= 11 is 6.93. The molecule has 21 heavy (non-hydrogen) atoms. The van der Waals surface area contributed by atoms with Crippen LogP contribution in [0.2, 0.25) is 0 Å². The van der Waals surface area contributed by atoms with Gasteiger partial charge in [-0.1, -0.05) is 0 Å². The maximum atomic E-state index is 5.55. The summed E-state index contributed by atoms with van der Waals surface area (Å²) in [6.45, 7) is 1.63. The fourth-order valence-electron chi connectivity index (χ4n) is 2.25. The van der Waals surface area contributed by atoms with Gasteiger partial charge in [0.05, 0.1) is 6.10 Å². The number of aromatic nitrogens is 1. The molecule has 2 N–H and O–H groups in total. The van der Waals surface area contributed by atoms with Crippen LogP contribution in [-0.2, 0) is 4.74 Å². The monoisotopic (exact) mass is 319 g/mol. The van der Waals surface area contributed by atoms with Gasteiger partial charge in [-0.15, -0.1) is 11.3 Å². The molecule has 3 rings (SSSR count). The Morgan fingerprint density at radius 1 is 1.38 bits per heavy atom. The molecule has 0 saturated carbocycles. The van der Waals surface area contributed by atoms with E-state index in [4.69, 9.17) is 17.0 Å².